The lowest BCUT2D eigenvalue weighted by Crippen LogP contribution is -2.16. The Hall–Kier alpha value is -3.85. The third-order valence-electron chi connectivity index (χ3n) is 5.76. The fourth-order valence-corrected chi connectivity index (χ4v) is 4.03. The second kappa shape index (κ2) is 11.1. The summed E-state index contributed by atoms with van der Waals surface area (Å²) in [6.07, 6.45) is 7.83. The van der Waals surface area contributed by atoms with Crippen LogP contribution in [0.1, 0.15) is 35.4 Å². The van der Waals surface area contributed by atoms with Gasteiger partial charge in [0.2, 0.25) is 0 Å². The fraction of sp³-hybridized carbons (Fsp3) is 0.167. The lowest BCUT2D eigenvalue weighted by Gasteiger charge is -2.19. The summed E-state index contributed by atoms with van der Waals surface area (Å²) in [4.78, 5) is 13.4. The molecule has 1 aliphatic rings. The van der Waals surface area contributed by atoms with Crippen molar-refractivity contribution in [2.24, 2.45) is 0 Å². The van der Waals surface area contributed by atoms with E-state index in [2.05, 4.69) is 30.4 Å². The second-order valence-corrected chi connectivity index (χ2v) is 7.98. The van der Waals surface area contributed by atoms with Gasteiger partial charge in [0.15, 0.2) is 0 Å². The topological polar surface area (TPSA) is 35.5 Å². The van der Waals surface area contributed by atoms with Gasteiger partial charge >= 0.3 is 5.97 Å². The minimum absolute atomic E-state index is 0.228. The molecule has 3 heteroatoms. The Morgan fingerprint density at radius 1 is 0.848 bits per heavy atom. The van der Waals surface area contributed by atoms with Crippen LogP contribution in [0.4, 0.5) is 0 Å². The molecular formula is C30H28O3. The lowest BCUT2D eigenvalue weighted by atomic mass is 9.89. The first-order valence-electron chi connectivity index (χ1n) is 11.2. The third-order valence-corrected chi connectivity index (χ3v) is 5.76. The van der Waals surface area contributed by atoms with Crippen LogP contribution in [0.15, 0.2) is 120 Å². The quantitative estimate of drug-likeness (QED) is 0.380. The molecule has 0 saturated heterocycles. The van der Waals surface area contributed by atoms with Crippen molar-refractivity contribution in [3.63, 3.8) is 0 Å². The maximum Gasteiger partial charge on any atom is 0.338 e. The van der Waals surface area contributed by atoms with E-state index in [1.807, 2.05) is 78.9 Å². The number of carbonyl (C=O) groups excluding carboxylic acids is 1. The fourth-order valence-electron chi connectivity index (χ4n) is 4.03. The molecular weight excluding hydrogens is 408 g/mol. The average Bonchev–Trinajstić information content (AvgIpc) is 3.07. The van der Waals surface area contributed by atoms with Crippen LogP contribution in [-0.2, 0) is 20.9 Å². The van der Waals surface area contributed by atoms with Gasteiger partial charge in [-0.05, 0) is 23.1 Å². The summed E-state index contributed by atoms with van der Waals surface area (Å²) in [7, 11) is 1.63. The van der Waals surface area contributed by atoms with Gasteiger partial charge in [-0.3, -0.25) is 0 Å². The smallest absolute Gasteiger partial charge is 0.338 e. The monoisotopic (exact) mass is 436 g/mol. The van der Waals surface area contributed by atoms with E-state index in [0.717, 1.165) is 28.7 Å². The summed E-state index contributed by atoms with van der Waals surface area (Å²) >= 11 is 0. The molecule has 0 radical (unpaired) electrons. The van der Waals surface area contributed by atoms with Crippen molar-refractivity contribution in [1.82, 2.24) is 0 Å². The maximum absolute atomic E-state index is 13.4. The molecule has 1 atom stereocenters. The summed E-state index contributed by atoms with van der Waals surface area (Å²) in [6, 6.07) is 30.0. The summed E-state index contributed by atoms with van der Waals surface area (Å²) < 4.78 is 11.5. The Balaban J connectivity index is 1.66. The number of benzene rings is 3. The van der Waals surface area contributed by atoms with Crippen LogP contribution < -0.4 is 0 Å². The molecule has 0 aromatic heterocycles. The third kappa shape index (κ3) is 5.89. The van der Waals surface area contributed by atoms with E-state index < -0.39 is 0 Å². The van der Waals surface area contributed by atoms with Gasteiger partial charge in [-0.2, -0.15) is 0 Å². The molecule has 0 saturated carbocycles. The number of hydrogen-bond donors (Lipinski definition) is 0. The van der Waals surface area contributed by atoms with E-state index in [4.69, 9.17) is 9.47 Å². The molecule has 3 nitrogen and oxygen atoms in total. The molecule has 166 valence electrons. The normalized spacial score (nSPS) is 16.3. The predicted octanol–water partition coefficient (Wildman–Crippen LogP) is 6.85. The minimum Gasteiger partial charge on any atom is -0.500 e. The van der Waals surface area contributed by atoms with Crippen LogP contribution in [0.25, 0.3) is 6.08 Å². The molecule has 0 N–H and O–H groups in total. The van der Waals surface area contributed by atoms with Gasteiger partial charge in [-0.1, -0.05) is 115 Å². The summed E-state index contributed by atoms with van der Waals surface area (Å²) in [6.45, 7) is 0.228. The van der Waals surface area contributed by atoms with E-state index in [1.165, 1.54) is 0 Å². The molecule has 0 amide bonds. The van der Waals surface area contributed by atoms with Crippen LogP contribution in [0.2, 0.25) is 0 Å². The van der Waals surface area contributed by atoms with Crippen LogP contribution in [0.3, 0.4) is 0 Å². The SMILES string of the molecule is COC1=C(C(=O)OCc2ccccc2)[C@@H](c2ccccc2)C=C(/C=C/c2ccccc2)CC1. The first-order valence-corrected chi connectivity index (χ1v) is 11.2. The Morgan fingerprint density at radius 2 is 1.48 bits per heavy atom. The minimum atomic E-state index is -0.339. The molecule has 3 aromatic rings. The highest BCUT2D eigenvalue weighted by Gasteiger charge is 2.29. The highest BCUT2D eigenvalue weighted by atomic mass is 16.5. The summed E-state index contributed by atoms with van der Waals surface area (Å²) in [5, 5.41) is 0. The van der Waals surface area contributed by atoms with Crippen molar-refractivity contribution in [2.75, 3.05) is 7.11 Å². The van der Waals surface area contributed by atoms with Crippen molar-refractivity contribution in [1.29, 1.82) is 0 Å². The van der Waals surface area contributed by atoms with Gasteiger partial charge in [0.25, 0.3) is 0 Å². The van der Waals surface area contributed by atoms with Crippen molar-refractivity contribution in [3.8, 4) is 0 Å². The van der Waals surface area contributed by atoms with Gasteiger partial charge in [0, 0.05) is 12.3 Å². The van der Waals surface area contributed by atoms with Gasteiger partial charge in [-0.15, -0.1) is 0 Å². The van der Waals surface area contributed by atoms with Crippen LogP contribution in [0.5, 0.6) is 0 Å². The zero-order valence-electron chi connectivity index (χ0n) is 18.8. The van der Waals surface area contributed by atoms with E-state index in [1.54, 1.807) is 7.11 Å². The average molecular weight is 437 g/mol. The Labute approximate surface area is 195 Å². The first-order chi connectivity index (χ1) is 16.2. The molecule has 0 unspecified atom stereocenters. The Morgan fingerprint density at radius 3 is 2.15 bits per heavy atom. The maximum atomic E-state index is 13.4. The molecule has 0 aliphatic heterocycles. The standard InChI is InChI=1S/C30H28O3/c1-32-28-20-19-24(18-17-23-11-5-2-6-12-23)21-27(26-15-9-4-10-16-26)29(28)30(31)33-22-25-13-7-3-8-14-25/h2-18,21,27H,19-20,22H2,1H3/b18-17+/t27-/m1/s1. The van der Waals surface area contributed by atoms with Gasteiger partial charge in [0.05, 0.1) is 12.7 Å². The first kappa shape index (κ1) is 22.3. The zero-order chi connectivity index (χ0) is 22.9. The van der Waals surface area contributed by atoms with Crippen molar-refractivity contribution >= 4 is 12.0 Å². The largest absolute Gasteiger partial charge is 0.500 e. The molecule has 0 spiro atoms. The molecule has 0 bridgehead atoms. The molecule has 1 aliphatic carbocycles. The number of esters is 1. The van der Waals surface area contributed by atoms with Crippen LogP contribution in [0, 0.1) is 0 Å². The van der Waals surface area contributed by atoms with E-state index in [0.29, 0.717) is 17.8 Å². The van der Waals surface area contributed by atoms with E-state index >= 15 is 0 Å². The number of hydrogen-bond acceptors (Lipinski definition) is 3. The Kier molecular flexibility index (Phi) is 7.55. The van der Waals surface area contributed by atoms with Gasteiger partial charge in [-0.25, -0.2) is 4.79 Å². The van der Waals surface area contributed by atoms with E-state index in [9.17, 15) is 4.79 Å². The molecule has 0 fully saturated rings. The summed E-state index contributed by atoms with van der Waals surface area (Å²) in [5.74, 6) is 0.0951. The van der Waals surface area contributed by atoms with Gasteiger partial charge in [0.1, 0.15) is 12.4 Å². The zero-order valence-corrected chi connectivity index (χ0v) is 18.8. The molecule has 3 aromatic carbocycles. The highest BCUT2D eigenvalue weighted by molar-refractivity contribution is 5.91. The molecule has 4 rings (SSSR count). The van der Waals surface area contributed by atoms with Crippen LogP contribution in [-0.4, -0.2) is 13.1 Å². The molecule has 33 heavy (non-hydrogen) atoms. The number of allylic oxidation sites excluding steroid dienone is 4. The van der Waals surface area contributed by atoms with Crippen molar-refractivity contribution < 1.29 is 14.3 Å². The van der Waals surface area contributed by atoms with E-state index in [-0.39, 0.29) is 18.5 Å². The predicted molar refractivity (Wildman–Crippen MR) is 132 cm³/mol. The number of carbonyl (C=O) groups is 1. The number of ether oxygens (including phenoxy) is 2. The van der Waals surface area contributed by atoms with Gasteiger partial charge < -0.3 is 9.47 Å². The highest BCUT2D eigenvalue weighted by Crippen LogP contribution is 2.36. The lowest BCUT2D eigenvalue weighted by molar-refractivity contribution is -0.140. The van der Waals surface area contributed by atoms with Crippen LogP contribution >= 0.6 is 0 Å². The number of methoxy groups -OCH3 is 1. The Bertz CT molecular complexity index is 1140. The molecule has 0 heterocycles. The second-order valence-electron chi connectivity index (χ2n) is 7.98. The number of rotatable bonds is 7. The van der Waals surface area contributed by atoms with Crippen molar-refractivity contribution in [2.45, 2.75) is 25.4 Å². The van der Waals surface area contributed by atoms with Crippen molar-refractivity contribution in [3.05, 3.63) is 137 Å². The summed E-state index contributed by atoms with van der Waals surface area (Å²) in [5.41, 5.74) is 4.86.